The summed E-state index contributed by atoms with van der Waals surface area (Å²) in [5.41, 5.74) is 1.17. The molecule has 1 amide bonds. The highest BCUT2D eigenvalue weighted by molar-refractivity contribution is 6.31. The summed E-state index contributed by atoms with van der Waals surface area (Å²) in [4.78, 5) is 23.5. The molecule has 0 aliphatic carbocycles. The average Bonchev–Trinajstić information content (AvgIpc) is 2.62. The minimum absolute atomic E-state index is 0.0623. The van der Waals surface area contributed by atoms with Gasteiger partial charge in [-0.25, -0.2) is 4.39 Å². The molecule has 0 aromatic heterocycles. The smallest absolute Gasteiger partial charge is 0.310 e. The second kappa shape index (κ2) is 9.18. The van der Waals surface area contributed by atoms with E-state index in [2.05, 4.69) is 5.32 Å². The monoisotopic (exact) mass is 363 g/mol. The molecule has 1 atom stereocenters. The van der Waals surface area contributed by atoms with Gasteiger partial charge in [-0.05, 0) is 23.6 Å². The van der Waals surface area contributed by atoms with Crippen molar-refractivity contribution in [2.24, 2.45) is 0 Å². The van der Waals surface area contributed by atoms with Gasteiger partial charge in [-0.15, -0.1) is 0 Å². The summed E-state index contributed by atoms with van der Waals surface area (Å²) in [6.45, 7) is 2.01. The number of halogens is 2. The zero-order chi connectivity index (χ0) is 18.2. The van der Waals surface area contributed by atoms with Gasteiger partial charge in [0.1, 0.15) is 5.82 Å². The van der Waals surface area contributed by atoms with Crippen LogP contribution in [0.5, 0.6) is 0 Å². The number of rotatable bonds is 7. The van der Waals surface area contributed by atoms with E-state index in [1.165, 1.54) is 18.2 Å². The van der Waals surface area contributed by atoms with E-state index in [-0.39, 0.29) is 22.9 Å². The summed E-state index contributed by atoms with van der Waals surface area (Å²) in [6.07, 6.45) is -0.320. The third-order valence-corrected chi connectivity index (χ3v) is 4.08. The first-order valence-electron chi connectivity index (χ1n) is 7.87. The van der Waals surface area contributed by atoms with Crippen molar-refractivity contribution in [2.75, 3.05) is 13.2 Å². The van der Waals surface area contributed by atoms with Crippen molar-refractivity contribution in [2.45, 2.75) is 19.3 Å². The Hall–Kier alpha value is -2.40. The van der Waals surface area contributed by atoms with E-state index in [0.29, 0.717) is 6.54 Å². The van der Waals surface area contributed by atoms with Crippen molar-refractivity contribution in [1.82, 2.24) is 5.32 Å². The zero-order valence-corrected chi connectivity index (χ0v) is 14.6. The van der Waals surface area contributed by atoms with Crippen LogP contribution in [0.3, 0.4) is 0 Å². The SMILES string of the molecule is C[C@H](CNC(=O)COC(=O)Cc1c(F)cccc1Cl)c1ccccc1. The molecule has 25 heavy (non-hydrogen) atoms. The molecule has 132 valence electrons. The molecule has 0 heterocycles. The molecule has 0 fully saturated rings. The molecule has 1 N–H and O–H groups in total. The molecule has 0 saturated heterocycles. The number of hydrogen-bond acceptors (Lipinski definition) is 3. The third-order valence-electron chi connectivity index (χ3n) is 3.72. The zero-order valence-electron chi connectivity index (χ0n) is 13.8. The Morgan fingerprint density at radius 2 is 1.88 bits per heavy atom. The van der Waals surface area contributed by atoms with E-state index in [9.17, 15) is 14.0 Å². The van der Waals surface area contributed by atoms with Crippen molar-refractivity contribution >= 4 is 23.5 Å². The van der Waals surface area contributed by atoms with Crippen LogP contribution in [0, 0.1) is 5.82 Å². The van der Waals surface area contributed by atoms with Gasteiger partial charge in [0.05, 0.1) is 6.42 Å². The number of carbonyl (C=O) groups excluding carboxylic acids is 2. The molecule has 0 aliphatic rings. The van der Waals surface area contributed by atoms with Gasteiger partial charge >= 0.3 is 5.97 Å². The van der Waals surface area contributed by atoms with Crippen LogP contribution in [-0.4, -0.2) is 25.0 Å². The summed E-state index contributed by atoms with van der Waals surface area (Å²) < 4.78 is 18.5. The maximum Gasteiger partial charge on any atom is 0.310 e. The van der Waals surface area contributed by atoms with E-state index < -0.39 is 24.3 Å². The summed E-state index contributed by atoms with van der Waals surface area (Å²) in [5, 5.41) is 2.86. The second-order valence-electron chi connectivity index (χ2n) is 5.65. The second-order valence-corrected chi connectivity index (χ2v) is 6.06. The minimum Gasteiger partial charge on any atom is -0.455 e. The minimum atomic E-state index is -0.710. The van der Waals surface area contributed by atoms with Crippen molar-refractivity contribution in [1.29, 1.82) is 0 Å². The molecule has 2 aromatic rings. The highest BCUT2D eigenvalue weighted by Crippen LogP contribution is 2.19. The lowest BCUT2D eigenvalue weighted by Gasteiger charge is -2.13. The number of esters is 1. The van der Waals surface area contributed by atoms with Gasteiger partial charge in [-0.2, -0.15) is 0 Å². The first kappa shape index (κ1) is 18.9. The number of benzene rings is 2. The Kier molecular flexibility index (Phi) is 6.95. The molecule has 4 nitrogen and oxygen atoms in total. The van der Waals surface area contributed by atoms with E-state index in [0.717, 1.165) is 5.56 Å². The van der Waals surface area contributed by atoms with E-state index >= 15 is 0 Å². The largest absolute Gasteiger partial charge is 0.455 e. The van der Waals surface area contributed by atoms with Crippen molar-refractivity contribution in [3.05, 3.63) is 70.5 Å². The lowest BCUT2D eigenvalue weighted by molar-refractivity contribution is -0.147. The fourth-order valence-corrected chi connectivity index (χ4v) is 2.49. The Balaban J connectivity index is 1.75. The van der Waals surface area contributed by atoms with Gasteiger partial charge in [0.25, 0.3) is 5.91 Å². The van der Waals surface area contributed by atoms with Crippen LogP contribution in [0.1, 0.15) is 24.0 Å². The highest BCUT2D eigenvalue weighted by Gasteiger charge is 2.14. The normalized spacial score (nSPS) is 11.6. The number of carbonyl (C=O) groups is 2. The summed E-state index contributed by atoms with van der Waals surface area (Å²) >= 11 is 5.85. The molecular weight excluding hydrogens is 345 g/mol. The predicted molar refractivity (Wildman–Crippen MR) is 93.9 cm³/mol. The van der Waals surface area contributed by atoms with Gasteiger partial charge in [-0.1, -0.05) is 54.9 Å². The predicted octanol–water partition coefficient (Wildman–Crippen LogP) is 3.48. The van der Waals surface area contributed by atoms with E-state index in [1.807, 2.05) is 37.3 Å². The maximum absolute atomic E-state index is 13.6. The van der Waals surface area contributed by atoms with E-state index in [4.69, 9.17) is 16.3 Å². The molecule has 0 unspecified atom stereocenters. The van der Waals surface area contributed by atoms with Gasteiger partial charge in [0, 0.05) is 17.1 Å². The molecule has 0 bridgehead atoms. The lowest BCUT2D eigenvalue weighted by atomic mass is 10.0. The topological polar surface area (TPSA) is 55.4 Å². The van der Waals surface area contributed by atoms with E-state index in [1.54, 1.807) is 0 Å². The Bertz CT molecular complexity index is 716. The molecule has 6 heteroatoms. The fraction of sp³-hybridized carbons (Fsp3) is 0.263. The number of amides is 1. The van der Waals surface area contributed by atoms with Crippen LogP contribution in [0.15, 0.2) is 48.5 Å². The van der Waals surface area contributed by atoms with Gasteiger partial charge < -0.3 is 10.1 Å². The van der Waals surface area contributed by atoms with Crippen LogP contribution < -0.4 is 5.32 Å². The van der Waals surface area contributed by atoms with Crippen molar-refractivity contribution in [3.63, 3.8) is 0 Å². The van der Waals surface area contributed by atoms with Crippen molar-refractivity contribution in [3.8, 4) is 0 Å². The van der Waals surface area contributed by atoms with Crippen LogP contribution in [-0.2, 0) is 20.7 Å². The van der Waals surface area contributed by atoms with Gasteiger partial charge in [0.2, 0.25) is 0 Å². The molecule has 2 aromatic carbocycles. The summed E-state index contributed by atoms with van der Waals surface area (Å²) in [7, 11) is 0. The highest BCUT2D eigenvalue weighted by atomic mass is 35.5. The Morgan fingerprint density at radius 3 is 2.56 bits per heavy atom. The van der Waals surface area contributed by atoms with Gasteiger partial charge in [0.15, 0.2) is 6.61 Å². The quantitative estimate of drug-likeness (QED) is 0.766. The van der Waals surface area contributed by atoms with Gasteiger partial charge in [-0.3, -0.25) is 9.59 Å². The summed E-state index contributed by atoms with van der Waals surface area (Å²) in [6, 6.07) is 13.9. The van der Waals surface area contributed by atoms with Crippen LogP contribution in [0.25, 0.3) is 0 Å². The Morgan fingerprint density at radius 1 is 1.16 bits per heavy atom. The van der Waals surface area contributed by atoms with Crippen molar-refractivity contribution < 1.29 is 18.7 Å². The molecule has 2 rings (SSSR count). The van der Waals surface area contributed by atoms with Crippen LogP contribution >= 0.6 is 11.6 Å². The molecule has 0 radical (unpaired) electrons. The first-order chi connectivity index (χ1) is 12.0. The molecule has 0 aliphatic heterocycles. The Labute approximate surface area is 150 Å². The number of hydrogen-bond donors (Lipinski definition) is 1. The fourth-order valence-electron chi connectivity index (χ4n) is 2.26. The average molecular weight is 364 g/mol. The number of nitrogens with one attached hydrogen (secondary N) is 1. The number of ether oxygens (including phenoxy) is 1. The molecule has 0 spiro atoms. The lowest BCUT2D eigenvalue weighted by Crippen LogP contribution is -2.32. The standard InChI is InChI=1S/C19H19ClFNO3/c1-13(14-6-3-2-4-7-14)11-22-18(23)12-25-19(24)10-15-16(20)8-5-9-17(15)21/h2-9,13H,10-12H2,1H3,(H,22,23)/t13-/m1/s1. The summed E-state index contributed by atoms with van der Waals surface area (Å²) in [5.74, 6) is -1.56. The third kappa shape index (κ3) is 5.87. The van der Waals surface area contributed by atoms with Crippen LogP contribution in [0.2, 0.25) is 5.02 Å². The maximum atomic E-state index is 13.6. The molecule has 0 saturated carbocycles. The molecular formula is C19H19ClFNO3. The first-order valence-corrected chi connectivity index (χ1v) is 8.25. The van der Waals surface area contributed by atoms with Crippen LogP contribution in [0.4, 0.5) is 4.39 Å².